The molecule has 2 aromatic rings. The van der Waals surface area contributed by atoms with Crippen molar-refractivity contribution in [2.45, 2.75) is 30.4 Å². The van der Waals surface area contributed by atoms with Gasteiger partial charge in [-0.3, -0.25) is 14.8 Å². The van der Waals surface area contributed by atoms with Gasteiger partial charge in [-0.15, -0.1) is 0 Å². The highest BCUT2D eigenvalue weighted by Gasteiger charge is 2.25. The standard InChI is InChI=1S/C12H12N4O4S/c1-3-15-11(10(16(19)20)7(2)14-15)21-9-5-4-8(6-13-9)12(17)18/h4-6H,3H2,1-2H3,(H,17,18). The normalized spacial score (nSPS) is 10.6. The third kappa shape index (κ3) is 3.02. The van der Waals surface area contributed by atoms with E-state index in [0.717, 1.165) is 11.8 Å². The molecular formula is C12H12N4O4S. The number of nitro groups is 1. The number of hydrogen-bond donors (Lipinski definition) is 1. The number of carboxylic acids is 1. The molecule has 0 fully saturated rings. The molecule has 21 heavy (non-hydrogen) atoms. The van der Waals surface area contributed by atoms with Crippen molar-refractivity contribution in [3.05, 3.63) is 39.7 Å². The van der Waals surface area contributed by atoms with E-state index in [1.165, 1.54) is 23.0 Å². The molecule has 0 amide bonds. The van der Waals surface area contributed by atoms with Crippen molar-refractivity contribution in [2.24, 2.45) is 0 Å². The van der Waals surface area contributed by atoms with Crippen LogP contribution in [0.1, 0.15) is 23.0 Å². The predicted molar refractivity (Wildman–Crippen MR) is 74.6 cm³/mol. The van der Waals surface area contributed by atoms with E-state index in [4.69, 9.17) is 5.11 Å². The Kier molecular flexibility index (Phi) is 4.22. The number of carbonyl (C=O) groups is 1. The number of rotatable bonds is 5. The predicted octanol–water partition coefficient (Wildman–Crippen LogP) is 2.36. The summed E-state index contributed by atoms with van der Waals surface area (Å²) in [5.41, 5.74) is 0.353. The minimum Gasteiger partial charge on any atom is -0.478 e. The summed E-state index contributed by atoms with van der Waals surface area (Å²) in [5.74, 6) is -1.07. The van der Waals surface area contributed by atoms with Gasteiger partial charge in [0.15, 0.2) is 5.03 Å². The van der Waals surface area contributed by atoms with E-state index < -0.39 is 10.9 Å². The van der Waals surface area contributed by atoms with Gasteiger partial charge in [0.25, 0.3) is 0 Å². The highest BCUT2D eigenvalue weighted by molar-refractivity contribution is 7.99. The fourth-order valence-corrected chi connectivity index (χ4v) is 2.78. The van der Waals surface area contributed by atoms with Crippen LogP contribution in [0.25, 0.3) is 0 Å². The molecule has 0 aliphatic heterocycles. The van der Waals surface area contributed by atoms with Crippen molar-refractivity contribution < 1.29 is 14.8 Å². The lowest BCUT2D eigenvalue weighted by molar-refractivity contribution is -0.388. The summed E-state index contributed by atoms with van der Waals surface area (Å²) in [6.45, 7) is 3.90. The number of pyridine rings is 1. The average Bonchev–Trinajstić information content (AvgIpc) is 2.75. The molecule has 0 aliphatic carbocycles. The van der Waals surface area contributed by atoms with Crippen LogP contribution in [0.15, 0.2) is 28.4 Å². The first-order chi connectivity index (χ1) is 9.93. The van der Waals surface area contributed by atoms with E-state index in [1.807, 2.05) is 6.92 Å². The van der Waals surface area contributed by atoms with Crippen LogP contribution >= 0.6 is 11.8 Å². The molecule has 2 aromatic heterocycles. The zero-order valence-electron chi connectivity index (χ0n) is 11.3. The lowest BCUT2D eigenvalue weighted by Crippen LogP contribution is -2.00. The molecule has 0 aliphatic rings. The van der Waals surface area contributed by atoms with Gasteiger partial charge in [0.05, 0.1) is 10.5 Å². The molecule has 2 rings (SSSR count). The minimum atomic E-state index is -1.07. The molecule has 0 unspecified atom stereocenters. The van der Waals surface area contributed by atoms with Crippen molar-refractivity contribution in [3.63, 3.8) is 0 Å². The van der Waals surface area contributed by atoms with Crippen LogP contribution in [-0.2, 0) is 6.54 Å². The highest BCUT2D eigenvalue weighted by Crippen LogP contribution is 2.35. The van der Waals surface area contributed by atoms with Gasteiger partial charge in [0.2, 0.25) is 0 Å². The Morgan fingerprint density at radius 2 is 2.24 bits per heavy atom. The molecule has 110 valence electrons. The lowest BCUT2D eigenvalue weighted by Gasteiger charge is -2.03. The summed E-state index contributed by atoms with van der Waals surface area (Å²) in [6, 6.07) is 2.92. The Morgan fingerprint density at radius 3 is 2.71 bits per heavy atom. The molecule has 0 bridgehead atoms. The van der Waals surface area contributed by atoms with Crippen molar-refractivity contribution in [2.75, 3.05) is 0 Å². The third-order valence-electron chi connectivity index (χ3n) is 2.72. The number of hydrogen-bond acceptors (Lipinski definition) is 6. The van der Waals surface area contributed by atoms with E-state index in [2.05, 4.69) is 10.1 Å². The number of aromatic carboxylic acids is 1. The second-order valence-electron chi connectivity index (χ2n) is 4.10. The molecule has 0 saturated heterocycles. The van der Waals surface area contributed by atoms with Gasteiger partial charge in [0.1, 0.15) is 10.7 Å². The number of carboxylic acid groups (broad SMARTS) is 1. The molecule has 0 saturated carbocycles. The molecule has 0 atom stereocenters. The number of nitrogens with zero attached hydrogens (tertiary/aromatic N) is 4. The smallest absolute Gasteiger partial charge is 0.337 e. The fourth-order valence-electron chi connectivity index (χ4n) is 1.74. The third-order valence-corrected chi connectivity index (χ3v) is 3.77. The van der Waals surface area contributed by atoms with Crippen LogP contribution in [0.5, 0.6) is 0 Å². The van der Waals surface area contributed by atoms with Gasteiger partial charge in [-0.25, -0.2) is 9.78 Å². The maximum Gasteiger partial charge on any atom is 0.337 e. The van der Waals surface area contributed by atoms with E-state index in [-0.39, 0.29) is 11.3 Å². The Bertz CT molecular complexity index is 696. The Balaban J connectivity index is 2.38. The quantitative estimate of drug-likeness (QED) is 0.666. The topological polar surface area (TPSA) is 111 Å². The molecule has 0 radical (unpaired) electrons. The van der Waals surface area contributed by atoms with Gasteiger partial charge in [-0.2, -0.15) is 5.10 Å². The van der Waals surface area contributed by atoms with Crippen molar-refractivity contribution in [3.8, 4) is 0 Å². The Hall–Kier alpha value is -2.42. The van der Waals surface area contributed by atoms with Gasteiger partial charge >= 0.3 is 11.7 Å². The highest BCUT2D eigenvalue weighted by atomic mass is 32.2. The molecule has 0 spiro atoms. The van der Waals surface area contributed by atoms with Gasteiger partial charge in [-0.1, -0.05) is 0 Å². The molecule has 1 N–H and O–H groups in total. The first-order valence-electron chi connectivity index (χ1n) is 6.03. The summed E-state index contributed by atoms with van der Waals surface area (Å²) in [7, 11) is 0. The second kappa shape index (κ2) is 5.92. The van der Waals surface area contributed by atoms with Gasteiger partial charge in [-0.05, 0) is 37.7 Å². The van der Waals surface area contributed by atoms with Crippen LogP contribution in [0, 0.1) is 17.0 Å². The van der Waals surface area contributed by atoms with Crippen molar-refractivity contribution in [1.82, 2.24) is 14.8 Å². The van der Waals surface area contributed by atoms with E-state index in [9.17, 15) is 14.9 Å². The lowest BCUT2D eigenvalue weighted by atomic mass is 10.3. The molecule has 2 heterocycles. The van der Waals surface area contributed by atoms with Crippen LogP contribution < -0.4 is 0 Å². The zero-order valence-corrected chi connectivity index (χ0v) is 12.1. The van der Waals surface area contributed by atoms with Crippen molar-refractivity contribution >= 4 is 23.4 Å². The molecule has 0 aromatic carbocycles. The van der Waals surface area contributed by atoms with Gasteiger partial charge in [0, 0.05) is 12.7 Å². The number of aryl methyl sites for hydroxylation is 2. The SMILES string of the molecule is CCn1nc(C)c([N+](=O)[O-])c1Sc1ccc(C(=O)O)cn1. The average molecular weight is 308 g/mol. The minimum absolute atomic E-state index is 0.0500. The van der Waals surface area contributed by atoms with Crippen LogP contribution in [-0.4, -0.2) is 30.8 Å². The number of aromatic nitrogens is 3. The Morgan fingerprint density at radius 1 is 1.52 bits per heavy atom. The molecular weight excluding hydrogens is 296 g/mol. The summed E-state index contributed by atoms with van der Waals surface area (Å²) in [6.07, 6.45) is 1.22. The van der Waals surface area contributed by atoms with Crippen LogP contribution in [0.3, 0.4) is 0 Å². The summed E-state index contributed by atoms with van der Waals surface area (Å²) in [5, 5.41) is 24.9. The Labute approximate surface area is 124 Å². The monoisotopic (exact) mass is 308 g/mol. The maximum absolute atomic E-state index is 11.1. The summed E-state index contributed by atoms with van der Waals surface area (Å²) < 4.78 is 1.53. The van der Waals surface area contributed by atoms with Crippen molar-refractivity contribution in [1.29, 1.82) is 0 Å². The fraction of sp³-hybridized carbons (Fsp3) is 0.250. The zero-order chi connectivity index (χ0) is 15.6. The largest absolute Gasteiger partial charge is 0.478 e. The molecule has 8 nitrogen and oxygen atoms in total. The molecule has 9 heteroatoms. The van der Waals surface area contributed by atoms with Crippen LogP contribution in [0.4, 0.5) is 5.69 Å². The summed E-state index contributed by atoms with van der Waals surface area (Å²) in [4.78, 5) is 25.4. The summed E-state index contributed by atoms with van der Waals surface area (Å²) >= 11 is 1.09. The first-order valence-corrected chi connectivity index (χ1v) is 6.84. The van der Waals surface area contributed by atoms with E-state index in [0.29, 0.717) is 22.3 Å². The van der Waals surface area contributed by atoms with E-state index >= 15 is 0 Å². The van der Waals surface area contributed by atoms with E-state index in [1.54, 1.807) is 6.92 Å². The second-order valence-corrected chi connectivity index (χ2v) is 5.11. The van der Waals surface area contributed by atoms with Gasteiger partial charge < -0.3 is 5.11 Å². The maximum atomic E-state index is 11.1. The first kappa shape index (κ1) is 15.0. The van der Waals surface area contributed by atoms with Crippen LogP contribution in [0.2, 0.25) is 0 Å².